The fourth-order valence-corrected chi connectivity index (χ4v) is 15.2. The largest absolute Gasteiger partial charge is 0.311 e. The third-order valence-electron chi connectivity index (χ3n) is 17.7. The van der Waals surface area contributed by atoms with Gasteiger partial charge in [0.25, 0.3) is 6.71 Å². The molecule has 0 amide bonds. The Kier molecular flexibility index (Phi) is 8.72. The van der Waals surface area contributed by atoms with Crippen molar-refractivity contribution in [1.82, 2.24) is 0 Å². The van der Waals surface area contributed by atoms with E-state index in [9.17, 15) is 0 Å². The molecular weight excluding hydrogens is 876 g/mol. The van der Waals surface area contributed by atoms with Gasteiger partial charge in [-0.05, 0) is 127 Å². The van der Waals surface area contributed by atoms with Crippen LogP contribution in [0.4, 0.5) is 34.1 Å². The van der Waals surface area contributed by atoms with Gasteiger partial charge in [-0.15, -0.1) is 11.3 Å². The normalized spacial score (nSPS) is 16.9. The van der Waals surface area contributed by atoms with Gasteiger partial charge in [-0.2, -0.15) is 0 Å². The van der Waals surface area contributed by atoms with E-state index in [1.165, 1.54) is 132 Å². The third kappa shape index (κ3) is 5.66. The second kappa shape index (κ2) is 14.5. The number of hydrogen-bond donors (Lipinski definition) is 0. The van der Waals surface area contributed by atoms with Crippen molar-refractivity contribution in [3.05, 3.63) is 232 Å². The quantitative estimate of drug-likeness (QED) is 0.163. The molecule has 0 bridgehead atoms. The number of anilines is 6. The average molecular weight is 933 g/mol. The molecule has 0 fully saturated rings. The molecule has 0 radical (unpaired) electrons. The van der Waals surface area contributed by atoms with Gasteiger partial charge in [0.1, 0.15) is 0 Å². The highest BCUT2D eigenvalue weighted by Gasteiger charge is 2.49. The average Bonchev–Trinajstić information content (AvgIpc) is 3.77. The van der Waals surface area contributed by atoms with Gasteiger partial charge in [0.05, 0.1) is 10.4 Å². The summed E-state index contributed by atoms with van der Waals surface area (Å²) in [6.07, 6.45) is 0. The van der Waals surface area contributed by atoms with Crippen LogP contribution in [0.3, 0.4) is 0 Å². The first-order valence-electron chi connectivity index (χ1n) is 25.5. The van der Waals surface area contributed by atoms with E-state index in [0.29, 0.717) is 0 Å². The van der Waals surface area contributed by atoms with E-state index in [2.05, 4.69) is 254 Å². The molecule has 2 aliphatic carbocycles. The zero-order valence-corrected chi connectivity index (χ0v) is 43.0. The number of aryl methyl sites for hydroxylation is 1. The van der Waals surface area contributed by atoms with Crippen molar-refractivity contribution in [2.45, 2.75) is 84.0 Å². The monoisotopic (exact) mass is 932 g/mol. The lowest BCUT2D eigenvalue weighted by molar-refractivity contribution is 0.520. The number of benzene rings is 9. The Balaban J connectivity index is 1.14. The van der Waals surface area contributed by atoms with Crippen molar-refractivity contribution >= 4 is 88.7 Å². The van der Waals surface area contributed by atoms with Crippen molar-refractivity contribution in [3.63, 3.8) is 0 Å². The van der Waals surface area contributed by atoms with E-state index in [1.54, 1.807) is 0 Å². The van der Waals surface area contributed by atoms with Gasteiger partial charge >= 0.3 is 0 Å². The number of thiophene rings is 1. The van der Waals surface area contributed by atoms with E-state index < -0.39 is 0 Å². The van der Waals surface area contributed by atoms with Gasteiger partial charge in [0, 0.05) is 65.6 Å². The molecular formula is C67H57BN2S. The van der Waals surface area contributed by atoms with Crippen molar-refractivity contribution in [3.8, 4) is 11.1 Å². The van der Waals surface area contributed by atoms with Crippen LogP contribution in [0.2, 0.25) is 0 Å². The van der Waals surface area contributed by atoms with E-state index in [-0.39, 0.29) is 28.4 Å². The zero-order valence-electron chi connectivity index (χ0n) is 42.2. The minimum absolute atomic E-state index is 0.0396. The molecule has 2 aliphatic heterocycles. The maximum Gasteiger partial charge on any atom is 0.252 e. The molecule has 0 unspecified atom stereocenters. The standard InChI is InChI=1S/C67H57BN2S/c1-40-21-13-19-29-56(40)70-59-36-42(41-22-11-10-12-23-41)35-58-61(59)68(54-34-32-45-44-24-14-20-30-60(44)71-63(45)62(54)70)55-38-52-53(67(8,9)49-28-18-17-27-48(49)66(52,6)7)39-57(55)69(58)43-31-33-50-51(37-43)65(4,5)47-26-16-15-25-46(47)64(50,2)3/h10-39H,1-9H3. The Labute approximate surface area is 423 Å². The number of rotatable bonds is 3. The predicted molar refractivity (Wildman–Crippen MR) is 305 cm³/mol. The Morgan fingerprint density at radius 2 is 0.915 bits per heavy atom. The molecule has 9 aromatic carbocycles. The van der Waals surface area contributed by atoms with Crippen molar-refractivity contribution in [2.75, 3.05) is 9.80 Å². The number of hydrogen-bond acceptors (Lipinski definition) is 3. The number of fused-ring (bicyclic) bond motifs is 12. The molecule has 10 aromatic rings. The van der Waals surface area contributed by atoms with Crippen LogP contribution in [-0.2, 0) is 21.7 Å². The van der Waals surface area contributed by atoms with Crippen LogP contribution in [0.25, 0.3) is 31.3 Å². The highest BCUT2D eigenvalue weighted by molar-refractivity contribution is 7.26. The summed E-state index contributed by atoms with van der Waals surface area (Å²) in [6, 6.07) is 70.2. The van der Waals surface area contributed by atoms with Gasteiger partial charge in [-0.3, -0.25) is 0 Å². The molecule has 71 heavy (non-hydrogen) atoms. The lowest BCUT2D eigenvalue weighted by Gasteiger charge is -2.48. The van der Waals surface area contributed by atoms with Crippen LogP contribution in [0.1, 0.15) is 105 Å². The van der Waals surface area contributed by atoms with E-state index in [0.717, 1.165) is 0 Å². The van der Waals surface area contributed by atoms with Gasteiger partial charge in [-0.25, -0.2) is 0 Å². The van der Waals surface area contributed by atoms with Crippen LogP contribution in [0.15, 0.2) is 182 Å². The van der Waals surface area contributed by atoms with E-state index >= 15 is 0 Å². The van der Waals surface area contributed by atoms with Crippen molar-refractivity contribution < 1.29 is 0 Å². The molecule has 0 saturated carbocycles. The summed E-state index contributed by atoms with van der Waals surface area (Å²) in [5.74, 6) is 0. The summed E-state index contributed by atoms with van der Waals surface area (Å²) in [4.78, 5) is 5.34. The lowest BCUT2D eigenvalue weighted by Crippen LogP contribution is -2.62. The van der Waals surface area contributed by atoms with Crippen LogP contribution in [-0.4, -0.2) is 6.71 Å². The molecule has 0 atom stereocenters. The SMILES string of the molecule is Cc1ccccc1N1c2cc(-c3ccccc3)cc3c2B(c2cc4c(cc2N3c2ccc3c(c2)C(C)(C)c2ccccc2C3(C)C)C(C)(C)c2ccccc2C4(C)C)c2ccc3c(sc4ccccc43)c21. The molecule has 2 nitrogen and oxygen atoms in total. The van der Waals surface area contributed by atoms with Crippen molar-refractivity contribution in [1.29, 1.82) is 0 Å². The first-order chi connectivity index (χ1) is 34.2. The summed E-state index contributed by atoms with van der Waals surface area (Å²) in [5, 5.41) is 2.63. The fraction of sp³-hybridized carbons (Fsp3) is 0.194. The Morgan fingerprint density at radius 1 is 0.380 bits per heavy atom. The minimum atomic E-state index is -0.236. The fourth-order valence-electron chi connectivity index (χ4n) is 13.9. The number of nitrogens with zero attached hydrogens (tertiary/aromatic N) is 2. The predicted octanol–water partition coefficient (Wildman–Crippen LogP) is 16.0. The summed E-state index contributed by atoms with van der Waals surface area (Å²) in [7, 11) is 0. The number of para-hydroxylation sites is 1. The Hall–Kier alpha value is -7.14. The minimum Gasteiger partial charge on any atom is -0.311 e. The summed E-state index contributed by atoms with van der Waals surface area (Å²) in [6.45, 7) is 21.8. The van der Waals surface area contributed by atoms with Crippen LogP contribution < -0.4 is 26.2 Å². The molecule has 0 saturated heterocycles. The van der Waals surface area contributed by atoms with Crippen LogP contribution in [0, 0.1) is 6.92 Å². The lowest BCUT2D eigenvalue weighted by atomic mass is 9.33. The van der Waals surface area contributed by atoms with Crippen LogP contribution >= 0.6 is 11.3 Å². The smallest absolute Gasteiger partial charge is 0.252 e. The topological polar surface area (TPSA) is 6.48 Å². The molecule has 3 heterocycles. The first-order valence-corrected chi connectivity index (χ1v) is 26.4. The Morgan fingerprint density at radius 3 is 1.58 bits per heavy atom. The molecule has 4 aliphatic rings. The third-order valence-corrected chi connectivity index (χ3v) is 18.9. The maximum absolute atomic E-state index is 2.68. The van der Waals surface area contributed by atoms with E-state index in [1.807, 2.05) is 11.3 Å². The highest BCUT2D eigenvalue weighted by Crippen LogP contribution is 2.56. The van der Waals surface area contributed by atoms with E-state index in [4.69, 9.17) is 0 Å². The molecule has 1 aromatic heterocycles. The van der Waals surface area contributed by atoms with Gasteiger partial charge in [0.2, 0.25) is 0 Å². The first kappa shape index (κ1) is 42.7. The van der Waals surface area contributed by atoms with Gasteiger partial charge < -0.3 is 9.80 Å². The molecule has 344 valence electrons. The summed E-state index contributed by atoms with van der Waals surface area (Å²) in [5.41, 5.74) is 25.6. The zero-order chi connectivity index (χ0) is 48.5. The second-order valence-corrected chi connectivity index (χ2v) is 24.0. The van der Waals surface area contributed by atoms with Gasteiger partial charge in [0.15, 0.2) is 0 Å². The van der Waals surface area contributed by atoms with Crippen LogP contribution in [0.5, 0.6) is 0 Å². The summed E-state index contributed by atoms with van der Waals surface area (Å²) < 4.78 is 2.65. The molecule has 0 N–H and O–H groups in total. The van der Waals surface area contributed by atoms with Crippen molar-refractivity contribution in [2.24, 2.45) is 0 Å². The molecule has 4 heteroatoms. The second-order valence-electron chi connectivity index (χ2n) is 22.9. The molecule has 0 spiro atoms. The summed E-state index contributed by atoms with van der Waals surface area (Å²) >= 11 is 1.94. The maximum atomic E-state index is 2.68. The Bertz CT molecular complexity index is 3930. The van der Waals surface area contributed by atoms with Gasteiger partial charge in [-0.1, -0.05) is 195 Å². The highest BCUT2D eigenvalue weighted by atomic mass is 32.1. The molecule has 14 rings (SSSR count).